The zero-order chi connectivity index (χ0) is 20.6. The van der Waals surface area contributed by atoms with E-state index in [1.165, 1.54) is 10.9 Å². The van der Waals surface area contributed by atoms with Crippen molar-refractivity contribution in [2.45, 2.75) is 32.4 Å². The van der Waals surface area contributed by atoms with E-state index in [4.69, 9.17) is 9.47 Å². The topological polar surface area (TPSA) is 85.7 Å². The van der Waals surface area contributed by atoms with Crippen molar-refractivity contribution in [2.24, 2.45) is 7.05 Å². The number of carbonyl (C=O) groups is 2. The van der Waals surface area contributed by atoms with Crippen molar-refractivity contribution in [3.63, 3.8) is 0 Å². The van der Waals surface area contributed by atoms with Gasteiger partial charge in [0.15, 0.2) is 0 Å². The molecule has 2 heterocycles. The maximum Gasteiger partial charge on any atom is 0.343 e. The number of esters is 1. The molecule has 1 aromatic carbocycles. The first-order valence-corrected chi connectivity index (χ1v) is 9.93. The molecule has 0 saturated carbocycles. The van der Waals surface area contributed by atoms with Crippen LogP contribution < -0.4 is 5.32 Å². The van der Waals surface area contributed by atoms with Gasteiger partial charge in [-0.1, -0.05) is 30.3 Å². The smallest absolute Gasteiger partial charge is 0.343 e. The molecule has 3 rings (SSSR count). The number of rotatable bonds is 9. The quantitative estimate of drug-likeness (QED) is 0.650. The van der Waals surface area contributed by atoms with Gasteiger partial charge in [-0.15, -0.1) is 0 Å². The lowest BCUT2D eigenvalue weighted by Gasteiger charge is -2.25. The van der Waals surface area contributed by atoms with Gasteiger partial charge in [-0.25, -0.2) is 4.79 Å². The molecule has 0 spiro atoms. The van der Waals surface area contributed by atoms with Crippen LogP contribution in [0.5, 0.6) is 0 Å². The summed E-state index contributed by atoms with van der Waals surface area (Å²) in [6.45, 7) is 4.27. The third kappa shape index (κ3) is 5.88. The van der Waals surface area contributed by atoms with Crippen LogP contribution in [0.15, 0.2) is 36.5 Å². The number of hydrogen-bond acceptors (Lipinski definition) is 6. The average molecular weight is 400 g/mol. The monoisotopic (exact) mass is 400 g/mol. The third-order valence-electron chi connectivity index (χ3n) is 4.79. The summed E-state index contributed by atoms with van der Waals surface area (Å²) >= 11 is 0. The van der Waals surface area contributed by atoms with Gasteiger partial charge in [0.05, 0.1) is 25.5 Å². The largest absolute Gasteiger partial charge is 0.462 e. The Kier molecular flexibility index (Phi) is 7.37. The van der Waals surface area contributed by atoms with Crippen LogP contribution in [0.1, 0.15) is 35.7 Å². The second-order valence-electron chi connectivity index (χ2n) is 7.09. The molecule has 1 amide bonds. The number of amides is 1. The molecule has 156 valence electrons. The van der Waals surface area contributed by atoms with E-state index in [0.29, 0.717) is 18.9 Å². The number of ether oxygens (including phenoxy) is 2. The lowest BCUT2D eigenvalue weighted by molar-refractivity contribution is -0.117. The van der Waals surface area contributed by atoms with E-state index in [1.807, 2.05) is 30.3 Å². The molecule has 1 aromatic heterocycles. The molecule has 1 aliphatic rings. The molecule has 1 unspecified atom stereocenters. The van der Waals surface area contributed by atoms with Crippen LogP contribution in [0.4, 0.5) is 5.82 Å². The summed E-state index contributed by atoms with van der Waals surface area (Å²) < 4.78 is 12.3. The number of nitrogens with zero attached hydrogens (tertiary/aromatic N) is 3. The molecule has 0 radical (unpaired) electrons. The highest BCUT2D eigenvalue weighted by molar-refractivity contribution is 6.00. The van der Waals surface area contributed by atoms with E-state index >= 15 is 0 Å². The van der Waals surface area contributed by atoms with Gasteiger partial charge in [-0.3, -0.25) is 14.4 Å². The summed E-state index contributed by atoms with van der Waals surface area (Å²) in [6.07, 6.45) is 3.59. The summed E-state index contributed by atoms with van der Waals surface area (Å²) in [7, 11) is 1.67. The Bertz CT molecular complexity index is 815. The molecule has 1 fully saturated rings. The Hall–Kier alpha value is -2.71. The molecule has 1 aliphatic heterocycles. The minimum atomic E-state index is -0.503. The van der Waals surface area contributed by atoms with E-state index in [9.17, 15) is 9.59 Å². The molecular weight excluding hydrogens is 372 g/mol. The predicted octanol–water partition coefficient (Wildman–Crippen LogP) is 2.22. The Labute approximate surface area is 170 Å². The molecule has 8 nitrogen and oxygen atoms in total. The average Bonchev–Trinajstić information content (AvgIpc) is 3.33. The Morgan fingerprint density at radius 2 is 2.14 bits per heavy atom. The molecule has 2 aromatic rings. The second kappa shape index (κ2) is 10.2. The summed E-state index contributed by atoms with van der Waals surface area (Å²) in [5.41, 5.74) is 1.38. The van der Waals surface area contributed by atoms with E-state index in [0.717, 1.165) is 25.0 Å². The maximum atomic E-state index is 12.8. The van der Waals surface area contributed by atoms with Gasteiger partial charge in [-0.2, -0.15) is 5.10 Å². The number of hydrogen-bond donors (Lipinski definition) is 1. The first kappa shape index (κ1) is 21.0. The standard InChI is InChI=1S/C21H28N4O4/c1-3-28-21(27)18-12-22-24(2)20(18)23-19(26)15-25(14-17-10-7-11-29-17)13-16-8-5-4-6-9-16/h4-6,8-9,12,17H,3,7,10-11,13-15H2,1-2H3,(H,23,26). The normalized spacial score (nSPS) is 16.2. The van der Waals surface area contributed by atoms with Crippen LogP contribution in [-0.4, -0.2) is 59.0 Å². The number of benzene rings is 1. The van der Waals surface area contributed by atoms with Gasteiger partial charge >= 0.3 is 5.97 Å². The van der Waals surface area contributed by atoms with Crippen LogP contribution in [0.2, 0.25) is 0 Å². The lowest BCUT2D eigenvalue weighted by atomic mass is 10.2. The van der Waals surface area contributed by atoms with Crippen molar-refractivity contribution in [1.29, 1.82) is 0 Å². The van der Waals surface area contributed by atoms with E-state index in [-0.39, 0.29) is 30.7 Å². The van der Waals surface area contributed by atoms with Crippen LogP contribution in [-0.2, 0) is 27.9 Å². The SMILES string of the molecule is CCOC(=O)c1cnn(C)c1NC(=O)CN(Cc1ccccc1)CC1CCCO1. The van der Waals surface area contributed by atoms with E-state index in [1.54, 1.807) is 14.0 Å². The minimum absolute atomic E-state index is 0.137. The van der Waals surface area contributed by atoms with Crippen LogP contribution >= 0.6 is 0 Å². The molecule has 1 saturated heterocycles. The van der Waals surface area contributed by atoms with Gasteiger partial charge in [0, 0.05) is 26.7 Å². The van der Waals surface area contributed by atoms with Gasteiger partial charge in [0.25, 0.3) is 0 Å². The maximum absolute atomic E-state index is 12.8. The highest BCUT2D eigenvalue weighted by atomic mass is 16.5. The van der Waals surface area contributed by atoms with Crippen molar-refractivity contribution < 1.29 is 19.1 Å². The minimum Gasteiger partial charge on any atom is -0.462 e. The Balaban J connectivity index is 1.68. The molecular formula is C21H28N4O4. The molecule has 0 aliphatic carbocycles. The highest BCUT2D eigenvalue weighted by Crippen LogP contribution is 2.17. The van der Waals surface area contributed by atoms with Gasteiger partial charge < -0.3 is 14.8 Å². The first-order valence-electron chi connectivity index (χ1n) is 9.93. The third-order valence-corrected chi connectivity index (χ3v) is 4.79. The summed E-state index contributed by atoms with van der Waals surface area (Å²) in [5, 5.41) is 6.89. The fraction of sp³-hybridized carbons (Fsp3) is 0.476. The second-order valence-corrected chi connectivity index (χ2v) is 7.09. The number of aryl methyl sites for hydroxylation is 1. The highest BCUT2D eigenvalue weighted by Gasteiger charge is 2.23. The first-order chi connectivity index (χ1) is 14.1. The van der Waals surface area contributed by atoms with Crippen molar-refractivity contribution in [3.05, 3.63) is 47.7 Å². The summed E-state index contributed by atoms with van der Waals surface area (Å²) in [6, 6.07) is 10.0. The molecule has 29 heavy (non-hydrogen) atoms. The van der Waals surface area contributed by atoms with E-state index in [2.05, 4.69) is 15.3 Å². The zero-order valence-corrected chi connectivity index (χ0v) is 17.0. The predicted molar refractivity (Wildman–Crippen MR) is 108 cm³/mol. The summed E-state index contributed by atoms with van der Waals surface area (Å²) in [4.78, 5) is 27.0. The van der Waals surface area contributed by atoms with Gasteiger partial charge in [-0.05, 0) is 25.3 Å². The van der Waals surface area contributed by atoms with Crippen molar-refractivity contribution in [1.82, 2.24) is 14.7 Å². The van der Waals surface area contributed by atoms with Crippen LogP contribution in [0, 0.1) is 0 Å². The van der Waals surface area contributed by atoms with Crippen molar-refractivity contribution in [3.8, 4) is 0 Å². The molecule has 8 heteroatoms. The van der Waals surface area contributed by atoms with Gasteiger partial charge in [0.2, 0.25) is 5.91 Å². The number of aromatic nitrogens is 2. The summed E-state index contributed by atoms with van der Waals surface area (Å²) in [5.74, 6) is -0.380. The fourth-order valence-electron chi connectivity index (χ4n) is 3.42. The number of carbonyl (C=O) groups excluding carboxylic acids is 2. The van der Waals surface area contributed by atoms with Crippen LogP contribution in [0.25, 0.3) is 0 Å². The Morgan fingerprint density at radius 3 is 2.83 bits per heavy atom. The Morgan fingerprint density at radius 1 is 1.34 bits per heavy atom. The number of anilines is 1. The van der Waals surface area contributed by atoms with Crippen molar-refractivity contribution >= 4 is 17.7 Å². The zero-order valence-electron chi connectivity index (χ0n) is 17.0. The number of nitrogens with one attached hydrogen (secondary N) is 1. The van der Waals surface area contributed by atoms with E-state index < -0.39 is 5.97 Å². The molecule has 1 N–H and O–H groups in total. The van der Waals surface area contributed by atoms with Crippen molar-refractivity contribution in [2.75, 3.05) is 31.6 Å². The van der Waals surface area contributed by atoms with Crippen LogP contribution in [0.3, 0.4) is 0 Å². The molecule has 1 atom stereocenters. The van der Waals surface area contributed by atoms with Gasteiger partial charge in [0.1, 0.15) is 11.4 Å². The fourth-order valence-corrected chi connectivity index (χ4v) is 3.42. The lowest BCUT2D eigenvalue weighted by Crippen LogP contribution is -2.38. The molecule has 0 bridgehead atoms.